The SMILES string of the molecule is Cc1ccc(C#CC(=O)N(C)CCc2ccccc2)cc1. The number of carbonyl (C=O) groups excluding carboxylic acids is 1. The fourth-order valence-electron chi connectivity index (χ4n) is 1.90. The van der Waals surface area contributed by atoms with E-state index in [0.717, 1.165) is 12.0 Å². The Morgan fingerprint density at radius 2 is 1.71 bits per heavy atom. The van der Waals surface area contributed by atoms with Gasteiger partial charge in [0.05, 0.1) is 0 Å². The van der Waals surface area contributed by atoms with E-state index in [2.05, 4.69) is 24.0 Å². The molecule has 0 atom stereocenters. The molecule has 106 valence electrons. The van der Waals surface area contributed by atoms with E-state index in [1.165, 1.54) is 11.1 Å². The third-order valence-electron chi connectivity index (χ3n) is 3.29. The lowest BCUT2D eigenvalue weighted by atomic mass is 10.1. The molecular formula is C19H19NO. The highest BCUT2D eigenvalue weighted by Gasteiger charge is 2.04. The van der Waals surface area contributed by atoms with Crippen LogP contribution in [0.1, 0.15) is 16.7 Å². The molecule has 21 heavy (non-hydrogen) atoms. The van der Waals surface area contributed by atoms with E-state index < -0.39 is 0 Å². The van der Waals surface area contributed by atoms with E-state index in [-0.39, 0.29) is 5.91 Å². The van der Waals surface area contributed by atoms with E-state index in [1.54, 1.807) is 11.9 Å². The summed E-state index contributed by atoms with van der Waals surface area (Å²) >= 11 is 0. The van der Waals surface area contributed by atoms with E-state index in [4.69, 9.17) is 0 Å². The minimum absolute atomic E-state index is 0.147. The summed E-state index contributed by atoms with van der Waals surface area (Å²) in [5, 5.41) is 0. The van der Waals surface area contributed by atoms with Gasteiger partial charge in [0.2, 0.25) is 0 Å². The van der Waals surface area contributed by atoms with Gasteiger partial charge in [0.1, 0.15) is 0 Å². The van der Waals surface area contributed by atoms with Crippen molar-refractivity contribution in [3.8, 4) is 11.8 Å². The highest BCUT2D eigenvalue weighted by molar-refractivity contribution is 5.93. The van der Waals surface area contributed by atoms with Crippen LogP contribution >= 0.6 is 0 Å². The van der Waals surface area contributed by atoms with Crippen LogP contribution in [-0.4, -0.2) is 24.4 Å². The fourth-order valence-corrected chi connectivity index (χ4v) is 1.90. The van der Waals surface area contributed by atoms with Gasteiger partial charge in [0.25, 0.3) is 5.91 Å². The Labute approximate surface area is 126 Å². The molecule has 0 unspecified atom stereocenters. The molecule has 2 heteroatoms. The van der Waals surface area contributed by atoms with Gasteiger partial charge in [0.15, 0.2) is 0 Å². The van der Waals surface area contributed by atoms with Crippen molar-refractivity contribution in [1.82, 2.24) is 4.90 Å². The third-order valence-corrected chi connectivity index (χ3v) is 3.29. The number of nitrogens with zero attached hydrogens (tertiary/aromatic N) is 1. The number of likely N-dealkylation sites (N-methyl/N-ethyl adjacent to an activating group) is 1. The molecule has 1 amide bonds. The molecule has 0 heterocycles. The second kappa shape index (κ2) is 7.31. The van der Waals surface area contributed by atoms with Crippen molar-refractivity contribution in [1.29, 1.82) is 0 Å². The van der Waals surface area contributed by atoms with Crippen LogP contribution in [0.3, 0.4) is 0 Å². The van der Waals surface area contributed by atoms with Crippen molar-refractivity contribution in [2.24, 2.45) is 0 Å². The Kier molecular flexibility index (Phi) is 5.17. The molecule has 0 N–H and O–H groups in total. The molecule has 0 bridgehead atoms. The van der Waals surface area contributed by atoms with Gasteiger partial charge in [-0.1, -0.05) is 53.9 Å². The summed E-state index contributed by atoms with van der Waals surface area (Å²) in [4.78, 5) is 13.6. The van der Waals surface area contributed by atoms with Crippen molar-refractivity contribution in [3.05, 3.63) is 71.3 Å². The van der Waals surface area contributed by atoms with E-state index in [0.29, 0.717) is 6.54 Å². The van der Waals surface area contributed by atoms with Crippen molar-refractivity contribution in [2.45, 2.75) is 13.3 Å². The lowest BCUT2D eigenvalue weighted by Gasteiger charge is -2.13. The summed E-state index contributed by atoms with van der Waals surface area (Å²) in [6.07, 6.45) is 0.843. The van der Waals surface area contributed by atoms with Crippen LogP contribution in [0.25, 0.3) is 0 Å². The Morgan fingerprint density at radius 3 is 2.38 bits per heavy atom. The average molecular weight is 277 g/mol. The predicted octanol–water partition coefficient (Wildman–Crippen LogP) is 3.05. The zero-order chi connectivity index (χ0) is 15.1. The van der Waals surface area contributed by atoms with Crippen molar-refractivity contribution in [2.75, 3.05) is 13.6 Å². The molecule has 0 saturated carbocycles. The summed E-state index contributed by atoms with van der Waals surface area (Å²) in [6.45, 7) is 2.70. The standard InChI is InChI=1S/C19H19NO/c1-16-8-10-18(11-9-16)12-13-19(21)20(2)15-14-17-6-4-3-5-7-17/h3-11H,14-15H2,1-2H3. The number of carbonyl (C=O) groups is 1. The maximum Gasteiger partial charge on any atom is 0.298 e. The predicted molar refractivity (Wildman–Crippen MR) is 85.8 cm³/mol. The van der Waals surface area contributed by atoms with Gasteiger partial charge >= 0.3 is 0 Å². The molecule has 0 aliphatic heterocycles. The molecule has 2 nitrogen and oxygen atoms in total. The summed E-state index contributed by atoms with van der Waals surface area (Å²) in [5.74, 6) is 5.45. The molecule has 0 radical (unpaired) electrons. The van der Waals surface area contributed by atoms with Crippen LogP contribution in [0.4, 0.5) is 0 Å². The van der Waals surface area contributed by atoms with Crippen LogP contribution in [0, 0.1) is 18.8 Å². The second-order valence-corrected chi connectivity index (χ2v) is 5.08. The van der Waals surface area contributed by atoms with Gasteiger partial charge in [-0.3, -0.25) is 4.79 Å². The summed E-state index contributed by atoms with van der Waals surface area (Å²) in [7, 11) is 1.79. The number of hydrogen-bond donors (Lipinski definition) is 0. The van der Waals surface area contributed by atoms with Crippen molar-refractivity contribution >= 4 is 5.91 Å². The van der Waals surface area contributed by atoms with Crippen LogP contribution in [0.15, 0.2) is 54.6 Å². The monoisotopic (exact) mass is 277 g/mol. The molecular weight excluding hydrogens is 258 g/mol. The van der Waals surface area contributed by atoms with Gasteiger partial charge in [-0.15, -0.1) is 0 Å². The quantitative estimate of drug-likeness (QED) is 0.790. The molecule has 2 aromatic carbocycles. The topological polar surface area (TPSA) is 20.3 Å². The Hall–Kier alpha value is -2.53. The van der Waals surface area contributed by atoms with Crippen LogP contribution in [0.2, 0.25) is 0 Å². The largest absolute Gasteiger partial charge is 0.335 e. The Balaban J connectivity index is 1.89. The first kappa shape index (κ1) is 14.9. The molecule has 0 spiro atoms. The minimum Gasteiger partial charge on any atom is -0.335 e. The number of benzene rings is 2. The maximum atomic E-state index is 12.0. The Morgan fingerprint density at radius 1 is 1.05 bits per heavy atom. The first-order chi connectivity index (χ1) is 10.1. The zero-order valence-electron chi connectivity index (χ0n) is 12.5. The van der Waals surface area contributed by atoms with Gasteiger partial charge in [0, 0.05) is 25.1 Å². The van der Waals surface area contributed by atoms with Crippen molar-refractivity contribution in [3.63, 3.8) is 0 Å². The normalized spacial score (nSPS) is 9.62. The van der Waals surface area contributed by atoms with Crippen LogP contribution < -0.4 is 0 Å². The highest BCUT2D eigenvalue weighted by atomic mass is 16.2. The lowest BCUT2D eigenvalue weighted by Crippen LogP contribution is -2.27. The van der Waals surface area contributed by atoms with Gasteiger partial charge < -0.3 is 4.90 Å². The number of hydrogen-bond acceptors (Lipinski definition) is 1. The van der Waals surface area contributed by atoms with Crippen molar-refractivity contribution < 1.29 is 4.79 Å². The maximum absolute atomic E-state index is 12.0. The summed E-state index contributed by atoms with van der Waals surface area (Å²) in [5.41, 5.74) is 3.28. The minimum atomic E-state index is -0.147. The molecule has 0 aromatic heterocycles. The van der Waals surface area contributed by atoms with Crippen LogP contribution in [-0.2, 0) is 11.2 Å². The van der Waals surface area contributed by atoms with Gasteiger partial charge in [-0.2, -0.15) is 0 Å². The smallest absolute Gasteiger partial charge is 0.298 e. The molecule has 0 aliphatic rings. The van der Waals surface area contributed by atoms with Gasteiger partial charge in [-0.25, -0.2) is 0 Å². The molecule has 0 fully saturated rings. The number of amides is 1. The van der Waals surface area contributed by atoms with Crippen LogP contribution in [0.5, 0.6) is 0 Å². The van der Waals surface area contributed by atoms with E-state index in [9.17, 15) is 4.79 Å². The van der Waals surface area contributed by atoms with E-state index in [1.807, 2.05) is 49.4 Å². The average Bonchev–Trinajstić information content (AvgIpc) is 2.52. The third kappa shape index (κ3) is 4.81. The molecule has 2 rings (SSSR count). The molecule has 2 aromatic rings. The summed E-state index contributed by atoms with van der Waals surface area (Å²) in [6, 6.07) is 18.0. The second-order valence-electron chi connectivity index (χ2n) is 5.08. The molecule has 0 aliphatic carbocycles. The lowest BCUT2D eigenvalue weighted by molar-refractivity contribution is -0.123. The Bertz CT molecular complexity index is 647. The number of rotatable bonds is 3. The molecule has 0 saturated heterocycles. The van der Waals surface area contributed by atoms with E-state index >= 15 is 0 Å². The van der Waals surface area contributed by atoms with Gasteiger partial charge in [-0.05, 0) is 31.0 Å². The zero-order valence-corrected chi connectivity index (χ0v) is 12.5. The number of aryl methyl sites for hydroxylation is 1. The summed E-state index contributed by atoms with van der Waals surface area (Å²) < 4.78 is 0. The highest BCUT2D eigenvalue weighted by Crippen LogP contribution is 2.02. The first-order valence-electron chi connectivity index (χ1n) is 7.03. The fraction of sp³-hybridized carbons (Fsp3) is 0.211. The first-order valence-corrected chi connectivity index (χ1v) is 7.03.